The van der Waals surface area contributed by atoms with Crippen LogP contribution in [0.2, 0.25) is 0 Å². The number of benzene rings is 2. The Labute approximate surface area is 249 Å². The molecule has 1 aliphatic carbocycles. The molecular weight excluding hydrogens is 538 g/mol. The lowest BCUT2D eigenvalue weighted by atomic mass is 10.0. The van der Waals surface area contributed by atoms with Gasteiger partial charge < -0.3 is 15.0 Å². The van der Waals surface area contributed by atoms with Gasteiger partial charge in [0.2, 0.25) is 5.91 Å². The van der Waals surface area contributed by atoms with Gasteiger partial charge in [0.05, 0.1) is 17.4 Å². The lowest BCUT2D eigenvalue weighted by Gasteiger charge is -2.33. The molecule has 0 bridgehead atoms. The number of likely N-dealkylation sites (tertiary alicyclic amines) is 1. The van der Waals surface area contributed by atoms with Gasteiger partial charge in [-0.1, -0.05) is 43.0 Å². The van der Waals surface area contributed by atoms with Crippen LogP contribution in [-0.4, -0.2) is 60.9 Å². The molecule has 1 saturated carbocycles. The number of nitrogens with one attached hydrogen (secondary N) is 1. The number of carbonyl (C=O) groups excluding carboxylic acids is 1. The van der Waals surface area contributed by atoms with E-state index in [4.69, 9.17) is 19.8 Å². The number of rotatable bonds is 7. The Hall–Kier alpha value is -4.76. The number of hydrogen-bond donors (Lipinski definition) is 1. The van der Waals surface area contributed by atoms with Crippen LogP contribution < -0.4 is 10.1 Å². The van der Waals surface area contributed by atoms with Crippen molar-refractivity contribution in [1.82, 2.24) is 34.5 Å². The van der Waals surface area contributed by atoms with Crippen LogP contribution in [0.3, 0.4) is 0 Å². The van der Waals surface area contributed by atoms with Crippen LogP contribution in [0.15, 0.2) is 85.6 Å². The van der Waals surface area contributed by atoms with E-state index in [9.17, 15) is 4.79 Å². The zero-order valence-electron chi connectivity index (χ0n) is 23.9. The summed E-state index contributed by atoms with van der Waals surface area (Å²) >= 11 is 0. The molecule has 0 unspecified atom stereocenters. The van der Waals surface area contributed by atoms with Gasteiger partial charge in [0.1, 0.15) is 23.7 Å². The molecule has 8 rings (SSSR count). The molecule has 3 aromatic heterocycles. The van der Waals surface area contributed by atoms with Crippen molar-refractivity contribution in [2.75, 3.05) is 19.7 Å². The lowest BCUT2D eigenvalue weighted by Crippen LogP contribution is -2.45. The Bertz CT molecular complexity index is 1830. The Morgan fingerprint density at radius 2 is 1.81 bits per heavy atom. The molecule has 1 N–H and O–H groups in total. The van der Waals surface area contributed by atoms with E-state index >= 15 is 0 Å². The first-order valence-electron chi connectivity index (χ1n) is 15.1. The number of fused-ring (bicyclic) bond motifs is 2. The monoisotopic (exact) mass is 571 g/mol. The van der Waals surface area contributed by atoms with Gasteiger partial charge in [0, 0.05) is 48.4 Å². The smallest absolute Gasteiger partial charge is 0.245 e. The lowest BCUT2D eigenvalue weighted by molar-refractivity contribution is -0.127. The van der Waals surface area contributed by atoms with Crippen LogP contribution in [0.25, 0.3) is 34.1 Å². The molecule has 216 valence electrons. The van der Waals surface area contributed by atoms with Gasteiger partial charge in [-0.2, -0.15) is 5.10 Å². The van der Waals surface area contributed by atoms with Crippen molar-refractivity contribution in [3.05, 3.63) is 96.8 Å². The number of pyridine rings is 1. The SMILES string of the molecule is C=CC(=O)N1CCC(N[C@H]2COc3cc(-n4c(-c5ccccc5)nc5ccc(-n6ccc(C7CC7)n6)nc54)ccc32)CC1. The van der Waals surface area contributed by atoms with Crippen LogP contribution >= 0.6 is 0 Å². The van der Waals surface area contributed by atoms with Gasteiger partial charge in [-0.25, -0.2) is 14.6 Å². The van der Waals surface area contributed by atoms with Gasteiger partial charge in [0.25, 0.3) is 0 Å². The largest absolute Gasteiger partial charge is 0.491 e. The van der Waals surface area contributed by atoms with Crippen molar-refractivity contribution >= 4 is 17.1 Å². The number of ether oxygens (including phenoxy) is 1. The van der Waals surface area contributed by atoms with Gasteiger partial charge >= 0.3 is 0 Å². The number of carbonyl (C=O) groups is 1. The summed E-state index contributed by atoms with van der Waals surface area (Å²) in [5.74, 6) is 3.05. The standard InChI is InChI=1S/C34H33N7O2/c1-2-32(42)39-17-14-24(15-18-39)35-29-21-43-30-20-25(10-11-26(29)30)41-33(23-6-4-3-5-7-23)36-28-12-13-31(37-34(28)41)40-19-16-27(38-40)22-8-9-22/h2-7,10-13,16,19-20,22,24,29,35H,1,8-9,14-15,17-18,21H2/t29-/m0/s1. The Balaban J connectivity index is 1.12. The Kier molecular flexibility index (Phi) is 6.33. The molecule has 2 fully saturated rings. The molecule has 5 aromatic rings. The van der Waals surface area contributed by atoms with Crippen LogP contribution in [0, 0.1) is 0 Å². The normalized spacial score (nSPS) is 18.5. The summed E-state index contributed by atoms with van der Waals surface area (Å²) in [5, 5.41) is 8.59. The van der Waals surface area contributed by atoms with E-state index in [0.29, 0.717) is 18.6 Å². The Morgan fingerprint density at radius 1 is 0.977 bits per heavy atom. The minimum Gasteiger partial charge on any atom is -0.491 e. The summed E-state index contributed by atoms with van der Waals surface area (Å²) < 4.78 is 10.2. The first kappa shape index (κ1) is 25.9. The zero-order valence-corrected chi connectivity index (χ0v) is 23.9. The van der Waals surface area contributed by atoms with Gasteiger partial charge in [0.15, 0.2) is 11.5 Å². The molecule has 1 saturated heterocycles. The molecule has 3 aliphatic rings. The fourth-order valence-corrected chi connectivity index (χ4v) is 6.32. The highest BCUT2D eigenvalue weighted by molar-refractivity contribution is 5.87. The molecular formula is C34H33N7O2. The fourth-order valence-electron chi connectivity index (χ4n) is 6.32. The number of nitrogens with zero attached hydrogens (tertiary/aromatic N) is 6. The first-order chi connectivity index (χ1) is 21.1. The second-order valence-electron chi connectivity index (χ2n) is 11.7. The summed E-state index contributed by atoms with van der Waals surface area (Å²) in [6.07, 6.45) is 7.65. The van der Waals surface area contributed by atoms with Gasteiger partial charge in [-0.3, -0.25) is 9.36 Å². The number of aromatic nitrogens is 5. The molecule has 0 spiro atoms. The fraction of sp³-hybridized carbons (Fsp3) is 0.294. The average Bonchev–Trinajstić information content (AvgIpc) is 3.47. The third-order valence-electron chi connectivity index (χ3n) is 8.82. The van der Waals surface area contributed by atoms with E-state index in [1.165, 1.54) is 18.9 Å². The molecule has 2 aromatic carbocycles. The number of amides is 1. The topological polar surface area (TPSA) is 90.1 Å². The molecule has 1 atom stereocenters. The Morgan fingerprint density at radius 3 is 2.60 bits per heavy atom. The van der Waals surface area contributed by atoms with Crippen LogP contribution in [0.1, 0.15) is 48.9 Å². The average molecular weight is 572 g/mol. The van der Waals surface area contributed by atoms with E-state index in [0.717, 1.165) is 77.0 Å². The molecule has 2 aliphatic heterocycles. The highest BCUT2D eigenvalue weighted by atomic mass is 16.5. The quantitative estimate of drug-likeness (QED) is 0.265. The number of piperidine rings is 1. The molecule has 43 heavy (non-hydrogen) atoms. The van der Waals surface area contributed by atoms with E-state index in [2.05, 4.69) is 52.9 Å². The van der Waals surface area contributed by atoms with E-state index in [1.807, 2.05) is 46.1 Å². The minimum atomic E-state index is 0.0108. The predicted molar refractivity (Wildman–Crippen MR) is 165 cm³/mol. The van der Waals surface area contributed by atoms with Crippen LogP contribution in [-0.2, 0) is 4.79 Å². The summed E-state index contributed by atoms with van der Waals surface area (Å²) in [5.41, 5.74) is 5.83. The van der Waals surface area contributed by atoms with Gasteiger partial charge in [-0.05, 0) is 56.0 Å². The van der Waals surface area contributed by atoms with Crippen LogP contribution in [0.5, 0.6) is 5.75 Å². The molecule has 9 heteroatoms. The van der Waals surface area contributed by atoms with Crippen molar-refractivity contribution in [1.29, 1.82) is 0 Å². The number of imidazole rings is 1. The highest BCUT2D eigenvalue weighted by Gasteiger charge is 2.30. The minimum absolute atomic E-state index is 0.0108. The van der Waals surface area contributed by atoms with Gasteiger partial charge in [-0.15, -0.1) is 0 Å². The third kappa shape index (κ3) is 4.79. The predicted octanol–water partition coefficient (Wildman–Crippen LogP) is 5.35. The molecule has 1 amide bonds. The van der Waals surface area contributed by atoms with E-state index in [-0.39, 0.29) is 11.9 Å². The highest BCUT2D eigenvalue weighted by Crippen LogP contribution is 2.39. The summed E-state index contributed by atoms with van der Waals surface area (Å²) in [7, 11) is 0. The third-order valence-corrected chi connectivity index (χ3v) is 8.82. The first-order valence-corrected chi connectivity index (χ1v) is 15.1. The maximum absolute atomic E-state index is 12.0. The van der Waals surface area contributed by atoms with E-state index < -0.39 is 0 Å². The van der Waals surface area contributed by atoms with Crippen molar-refractivity contribution < 1.29 is 9.53 Å². The summed E-state index contributed by atoms with van der Waals surface area (Å²) in [4.78, 5) is 24.0. The summed E-state index contributed by atoms with van der Waals surface area (Å²) in [6, 6.07) is 23.2. The number of hydrogen-bond acceptors (Lipinski definition) is 6. The second kappa shape index (κ2) is 10.5. The van der Waals surface area contributed by atoms with Crippen LogP contribution in [0.4, 0.5) is 0 Å². The second-order valence-corrected chi connectivity index (χ2v) is 11.7. The molecule has 9 nitrogen and oxygen atoms in total. The molecule has 0 radical (unpaired) electrons. The molecule has 5 heterocycles. The maximum atomic E-state index is 12.0. The van der Waals surface area contributed by atoms with Crippen molar-refractivity contribution in [2.45, 2.75) is 43.7 Å². The van der Waals surface area contributed by atoms with Crippen molar-refractivity contribution in [3.63, 3.8) is 0 Å². The van der Waals surface area contributed by atoms with E-state index in [1.54, 1.807) is 0 Å². The zero-order chi connectivity index (χ0) is 28.9. The van der Waals surface area contributed by atoms with Crippen molar-refractivity contribution in [3.8, 4) is 28.6 Å². The maximum Gasteiger partial charge on any atom is 0.245 e. The summed E-state index contributed by atoms with van der Waals surface area (Å²) in [6.45, 7) is 5.68. The van der Waals surface area contributed by atoms with Crippen molar-refractivity contribution in [2.24, 2.45) is 0 Å².